The number of hydrogen-bond acceptors (Lipinski definition) is 9. The van der Waals surface area contributed by atoms with Crippen molar-refractivity contribution in [3.8, 4) is 17.2 Å². The number of fused-ring (bicyclic) bond motifs is 1. The first kappa shape index (κ1) is 29.9. The molecule has 1 amide bonds. The maximum atomic E-state index is 13.4. The maximum absolute atomic E-state index is 13.4. The van der Waals surface area contributed by atoms with Crippen LogP contribution >= 0.6 is 27.3 Å². The van der Waals surface area contributed by atoms with E-state index in [0.29, 0.717) is 27.1 Å². The fourth-order valence-electron chi connectivity index (χ4n) is 4.75. The molecule has 0 bridgehead atoms. The summed E-state index contributed by atoms with van der Waals surface area (Å²) >= 11 is 4.96. The number of rotatable bonds is 10. The molecule has 1 heterocycles. The first-order valence-electron chi connectivity index (χ1n) is 13.2. The van der Waals surface area contributed by atoms with Crippen LogP contribution in [0.15, 0.2) is 70.1 Å². The summed E-state index contributed by atoms with van der Waals surface area (Å²) in [6.45, 7) is 0.409. The molecule has 0 fully saturated rings. The molecule has 0 aliphatic heterocycles. The zero-order valence-corrected chi connectivity index (χ0v) is 25.3. The van der Waals surface area contributed by atoms with Crippen molar-refractivity contribution in [3.63, 3.8) is 0 Å². The number of ether oxygens (including phenoxy) is 2. The molecule has 5 rings (SSSR count). The maximum Gasteiger partial charge on any atom is 0.318 e. The smallest absolute Gasteiger partial charge is 0.318 e. The van der Waals surface area contributed by atoms with Crippen molar-refractivity contribution in [1.82, 2.24) is 5.32 Å². The molecule has 1 aliphatic rings. The van der Waals surface area contributed by atoms with E-state index in [1.165, 1.54) is 29.4 Å². The molecule has 0 unspecified atom stereocenters. The molecule has 1 N–H and O–H groups in total. The van der Waals surface area contributed by atoms with Crippen LogP contribution in [0.2, 0.25) is 0 Å². The van der Waals surface area contributed by atoms with Gasteiger partial charge in [-0.05, 0) is 76.5 Å². The zero-order valence-electron chi connectivity index (χ0n) is 22.9. The van der Waals surface area contributed by atoms with Crippen LogP contribution in [0, 0.1) is 20.2 Å². The summed E-state index contributed by atoms with van der Waals surface area (Å²) in [5.74, 6) is 0.0351. The van der Waals surface area contributed by atoms with Gasteiger partial charge in [0.1, 0.15) is 5.00 Å². The zero-order chi connectivity index (χ0) is 30.5. The van der Waals surface area contributed by atoms with E-state index < -0.39 is 21.2 Å². The third kappa shape index (κ3) is 6.73. The van der Waals surface area contributed by atoms with E-state index in [0.717, 1.165) is 48.9 Å². The van der Waals surface area contributed by atoms with Gasteiger partial charge in [-0.3, -0.25) is 25.0 Å². The Kier molecular flexibility index (Phi) is 9.12. The molecular weight excluding hydrogens is 640 g/mol. The molecule has 43 heavy (non-hydrogen) atoms. The molecule has 0 radical (unpaired) electrons. The quantitative estimate of drug-likeness (QED) is 0.104. The normalized spacial score (nSPS) is 12.5. The number of benzene rings is 3. The topological polar surface area (TPSA) is 146 Å². The van der Waals surface area contributed by atoms with E-state index in [2.05, 4.69) is 21.2 Å². The molecule has 13 heteroatoms. The summed E-state index contributed by atoms with van der Waals surface area (Å²) in [7, 11) is 1.42. The van der Waals surface area contributed by atoms with Crippen LogP contribution < -0.4 is 14.8 Å². The summed E-state index contributed by atoms with van der Waals surface area (Å²) in [6, 6.07) is 16.2. The Bertz CT molecular complexity index is 1740. The van der Waals surface area contributed by atoms with Gasteiger partial charge in [0, 0.05) is 23.7 Å². The first-order valence-corrected chi connectivity index (χ1v) is 14.8. The van der Waals surface area contributed by atoms with Crippen molar-refractivity contribution in [2.45, 2.75) is 32.2 Å². The number of carbonyl (C=O) groups is 1. The number of amides is 1. The van der Waals surface area contributed by atoms with Crippen LogP contribution in [0.25, 0.3) is 0 Å². The van der Waals surface area contributed by atoms with Gasteiger partial charge in [-0.2, -0.15) is 0 Å². The molecule has 0 saturated heterocycles. The Balaban J connectivity index is 1.43. The van der Waals surface area contributed by atoms with E-state index in [1.807, 2.05) is 30.3 Å². The molecule has 0 atom stereocenters. The van der Waals surface area contributed by atoms with Gasteiger partial charge in [0.15, 0.2) is 11.5 Å². The monoisotopic (exact) mass is 664 g/mol. The average Bonchev–Trinajstić information content (AvgIpc) is 3.38. The van der Waals surface area contributed by atoms with Crippen LogP contribution in [0.4, 0.5) is 16.4 Å². The van der Waals surface area contributed by atoms with Crippen molar-refractivity contribution in [2.75, 3.05) is 7.11 Å². The second-order valence-corrected chi connectivity index (χ2v) is 11.6. The van der Waals surface area contributed by atoms with Crippen molar-refractivity contribution < 1.29 is 24.1 Å². The number of nitrogens with one attached hydrogen (secondary N) is 1. The molecule has 0 spiro atoms. The predicted octanol–water partition coefficient (Wildman–Crippen LogP) is 7.69. The Labute approximate surface area is 258 Å². The molecule has 0 saturated carbocycles. The molecule has 1 aliphatic carbocycles. The van der Waals surface area contributed by atoms with E-state index in [1.54, 1.807) is 18.3 Å². The van der Waals surface area contributed by atoms with Gasteiger partial charge in [0.05, 0.1) is 33.1 Å². The van der Waals surface area contributed by atoms with E-state index in [4.69, 9.17) is 14.5 Å². The van der Waals surface area contributed by atoms with E-state index in [-0.39, 0.29) is 23.2 Å². The number of methoxy groups -OCH3 is 1. The third-order valence-electron chi connectivity index (χ3n) is 6.82. The SMILES string of the molecule is COc1cc(C=Nc2sc3c(c2C(=O)NCc2ccccc2)CCCC3)cc(Br)c1Oc1ccc([N+](=O)[O-])cc1[N+](=O)[O-]. The van der Waals surface area contributed by atoms with Gasteiger partial charge >= 0.3 is 5.69 Å². The molecular formula is C30H25BrN4O7S. The second-order valence-electron chi connectivity index (χ2n) is 9.62. The number of thiophene rings is 1. The summed E-state index contributed by atoms with van der Waals surface area (Å²) in [6.07, 6.45) is 5.45. The number of halogens is 1. The number of nitro benzene ring substituents is 2. The van der Waals surface area contributed by atoms with E-state index >= 15 is 0 Å². The summed E-state index contributed by atoms with van der Waals surface area (Å²) in [5.41, 5.74) is 2.29. The minimum atomic E-state index is -0.752. The lowest BCUT2D eigenvalue weighted by Gasteiger charge is -2.13. The number of nitro groups is 2. The van der Waals surface area contributed by atoms with Crippen molar-refractivity contribution >= 4 is 55.8 Å². The van der Waals surface area contributed by atoms with Gasteiger partial charge in [0.25, 0.3) is 11.6 Å². The number of aliphatic imine (C=N–C) groups is 1. The van der Waals surface area contributed by atoms with Gasteiger partial charge in [-0.1, -0.05) is 30.3 Å². The van der Waals surface area contributed by atoms with Gasteiger partial charge in [-0.25, -0.2) is 4.99 Å². The van der Waals surface area contributed by atoms with Crippen molar-refractivity contribution in [2.24, 2.45) is 4.99 Å². The average molecular weight is 666 g/mol. The standard InChI is InChI=1S/C30H25BrN4O7S/c1-41-25-14-19(13-22(31)28(25)42-24-12-11-20(34(37)38)15-23(24)35(39)40)17-33-30-27(21-9-5-6-10-26(21)43-30)29(36)32-16-18-7-3-2-4-8-18/h2-4,7-8,11-15,17H,5-6,9-10,16H2,1H3,(H,32,36). The lowest BCUT2D eigenvalue weighted by molar-refractivity contribution is -0.394. The fraction of sp³-hybridized carbons (Fsp3) is 0.200. The minimum Gasteiger partial charge on any atom is -0.493 e. The van der Waals surface area contributed by atoms with Crippen LogP contribution in [-0.2, 0) is 19.4 Å². The number of nitrogens with zero attached hydrogens (tertiary/aromatic N) is 3. The highest BCUT2D eigenvalue weighted by Gasteiger charge is 2.26. The van der Waals surface area contributed by atoms with Gasteiger partial charge in [0.2, 0.25) is 5.75 Å². The minimum absolute atomic E-state index is 0.143. The molecule has 1 aromatic heterocycles. The third-order valence-corrected chi connectivity index (χ3v) is 8.61. The highest BCUT2D eigenvalue weighted by molar-refractivity contribution is 9.10. The molecule has 220 valence electrons. The number of hydrogen-bond donors (Lipinski definition) is 1. The van der Waals surface area contributed by atoms with Crippen LogP contribution in [0.5, 0.6) is 17.2 Å². The highest BCUT2D eigenvalue weighted by atomic mass is 79.9. The van der Waals surface area contributed by atoms with Crippen LogP contribution in [0.1, 0.15) is 44.8 Å². The number of aryl methyl sites for hydroxylation is 1. The van der Waals surface area contributed by atoms with Crippen molar-refractivity contribution in [3.05, 3.63) is 112 Å². The summed E-state index contributed by atoms with van der Waals surface area (Å²) in [5, 5.41) is 26.3. The Morgan fingerprint density at radius 1 is 1.05 bits per heavy atom. The summed E-state index contributed by atoms with van der Waals surface area (Å²) < 4.78 is 11.7. The first-order chi connectivity index (χ1) is 20.7. The van der Waals surface area contributed by atoms with Gasteiger partial charge < -0.3 is 14.8 Å². The van der Waals surface area contributed by atoms with Crippen LogP contribution in [0.3, 0.4) is 0 Å². The lowest BCUT2D eigenvalue weighted by atomic mass is 9.95. The van der Waals surface area contributed by atoms with Crippen molar-refractivity contribution in [1.29, 1.82) is 0 Å². The van der Waals surface area contributed by atoms with Crippen LogP contribution in [-0.4, -0.2) is 29.1 Å². The largest absolute Gasteiger partial charge is 0.493 e. The Morgan fingerprint density at radius 2 is 1.81 bits per heavy atom. The van der Waals surface area contributed by atoms with E-state index in [9.17, 15) is 25.0 Å². The molecule has 4 aromatic rings. The number of non-ortho nitro benzene ring substituents is 1. The Morgan fingerprint density at radius 3 is 2.53 bits per heavy atom. The molecule has 3 aromatic carbocycles. The Hall–Kier alpha value is -4.62. The predicted molar refractivity (Wildman–Crippen MR) is 166 cm³/mol. The second kappa shape index (κ2) is 13.1. The molecule has 11 nitrogen and oxygen atoms in total. The lowest BCUT2D eigenvalue weighted by Crippen LogP contribution is -2.24. The van der Waals surface area contributed by atoms with Gasteiger partial charge in [-0.15, -0.1) is 11.3 Å². The number of carbonyl (C=O) groups excluding carboxylic acids is 1. The highest BCUT2D eigenvalue weighted by Crippen LogP contribution is 2.43. The fourth-order valence-corrected chi connectivity index (χ4v) is 6.52. The summed E-state index contributed by atoms with van der Waals surface area (Å²) in [4.78, 5) is 40.5.